The van der Waals surface area contributed by atoms with Crippen molar-refractivity contribution in [3.8, 4) is 11.7 Å². The lowest BCUT2D eigenvalue weighted by atomic mass is 10.2. The molecule has 8 heteroatoms. The SMILES string of the molecule is [2H]C([2H])(O)c1cnn(-c2ncc(OC([2H])([2H])c3c(Cl)cccc3Cl)cn2)c1. The van der Waals surface area contributed by atoms with Crippen molar-refractivity contribution in [2.24, 2.45) is 0 Å². The minimum absolute atomic E-state index is 0.0145. The van der Waals surface area contributed by atoms with Crippen LogP contribution in [0.3, 0.4) is 0 Å². The number of hydrogen-bond acceptors (Lipinski definition) is 5. The molecule has 2 aromatic heterocycles. The fraction of sp³-hybridized carbons (Fsp3) is 0.133. The van der Waals surface area contributed by atoms with Gasteiger partial charge in [-0.05, 0) is 12.1 Å². The molecule has 0 saturated heterocycles. The highest BCUT2D eigenvalue weighted by Crippen LogP contribution is 2.25. The van der Waals surface area contributed by atoms with Crippen LogP contribution in [0.25, 0.3) is 5.95 Å². The third-order valence-corrected chi connectivity index (χ3v) is 3.39. The zero-order valence-corrected chi connectivity index (χ0v) is 13.0. The minimum Gasteiger partial charge on any atom is -0.486 e. The van der Waals surface area contributed by atoms with Gasteiger partial charge in [0.2, 0.25) is 0 Å². The van der Waals surface area contributed by atoms with E-state index in [1.165, 1.54) is 30.7 Å². The van der Waals surface area contributed by atoms with E-state index in [2.05, 4.69) is 15.1 Å². The van der Waals surface area contributed by atoms with Crippen molar-refractivity contribution in [3.05, 3.63) is 64.2 Å². The highest BCUT2D eigenvalue weighted by atomic mass is 35.5. The van der Waals surface area contributed by atoms with Crippen LogP contribution in [0.15, 0.2) is 43.0 Å². The van der Waals surface area contributed by atoms with Crippen LogP contribution in [-0.4, -0.2) is 24.9 Å². The van der Waals surface area contributed by atoms with Crippen molar-refractivity contribution < 1.29 is 15.3 Å². The average Bonchev–Trinajstić information content (AvgIpc) is 3.05. The molecule has 0 saturated carbocycles. The topological polar surface area (TPSA) is 73.1 Å². The predicted octanol–water partition coefficient (Wildman–Crippen LogP) is 3.04. The molecule has 0 spiro atoms. The van der Waals surface area contributed by atoms with E-state index in [1.54, 1.807) is 6.07 Å². The molecule has 0 fully saturated rings. The van der Waals surface area contributed by atoms with Gasteiger partial charge >= 0.3 is 0 Å². The fourth-order valence-corrected chi connectivity index (χ4v) is 2.15. The first-order chi connectivity index (χ1) is 12.6. The monoisotopic (exact) mass is 354 g/mol. The van der Waals surface area contributed by atoms with Gasteiger partial charge in [-0.25, -0.2) is 14.6 Å². The van der Waals surface area contributed by atoms with Crippen LogP contribution in [-0.2, 0) is 13.1 Å². The van der Waals surface area contributed by atoms with Crippen molar-refractivity contribution in [3.63, 3.8) is 0 Å². The Balaban J connectivity index is 1.82. The van der Waals surface area contributed by atoms with E-state index in [-0.39, 0.29) is 32.9 Å². The summed E-state index contributed by atoms with van der Waals surface area (Å²) in [6.07, 6.45) is 4.82. The number of rotatable bonds is 5. The van der Waals surface area contributed by atoms with Crippen molar-refractivity contribution in [2.75, 3.05) is 0 Å². The van der Waals surface area contributed by atoms with E-state index in [4.69, 9.17) is 33.4 Å². The summed E-state index contributed by atoms with van der Waals surface area (Å²) in [5.41, 5.74) is -0.0737. The second kappa shape index (κ2) is 6.95. The number of hydrogen-bond donors (Lipinski definition) is 1. The Labute approximate surface area is 147 Å². The van der Waals surface area contributed by atoms with E-state index in [9.17, 15) is 5.11 Å². The first-order valence-corrected chi connectivity index (χ1v) is 7.07. The molecule has 0 aliphatic rings. The summed E-state index contributed by atoms with van der Waals surface area (Å²) in [6.45, 7) is -4.86. The Morgan fingerprint density at radius 3 is 2.48 bits per heavy atom. The Morgan fingerprint density at radius 1 is 1.17 bits per heavy atom. The zero-order valence-electron chi connectivity index (χ0n) is 15.4. The van der Waals surface area contributed by atoms with E-state index in [1.807, 2.05) is 0 Å². The van der Waals surface area contributed by atoms with Crippen molar-refractivity contribution >= 4 is 23.2 Å². The maximum absolute atomic E-state index is 9.33. The Bertz CT molecular complexity index is 941. The summed E-state index contributed by atoms with van der Waals surface area (Å²) in [5, 5.41) is 13.4. The van der Waals surface area contributed by atoms with Crippen molar-refractivity contribution in [1.82, 2.24) is 19.7 Å². The molecule has 3 aromatic rings. The van der Waals surface area contributed by atoms with E-state index in [0.29, 0.717) is 0 Å². The second-order valence-electron chi connectivity index (χ2n) is 4.30. The largest absolute Gasteiger partial charge is 0.486 e. The Morgan fingerprint density at radius 2 is 1.87 bits per heavy atom. The maximum atomic E-state index is 9.33. The molecule has 0 bridgehead atoms. The fourth-order valence-electron chi connectivity index (χ4n) is 1.68. The van der Waals surface area contributed by atoms with Crippen LogP contribution in [0.2, 0.25) is 10.0 Å². The average molecular weight is 355 g/mol. The summed E-state index contributed by atoms with van der Waals surface area (Å²) in [6, 6.07) is 4.59. The highest BCUT2D eigenvalue weighted by Gasteiger charge is 2.08. The van der Waals surface area contributed by atoms with Gasteiger partial charge in [0.1, 0.15) is 6.56 Å². The van der Waals surface area contributed by atoms with Crippen LogP contribution in [0, 0.1) is 0 Å². The molecular formula is C15H12Cl2N4O2. The Kier molecular flexibility index (Phi) is 3.44. The van der Waals surface area contributed by atoms with Crippen LogP contribution in [0.4, 0.5) is 0 Å². The van der Waals surface area contributed by atoms with Crippen LogP contribution in [0.1, 0.15) is 16.6 Å². The molecule has 6 nitrogen and oxygen atoms in total. The standard InChI is InChI=1S/C15H12Cl2N4O2/c16-13-2-1-3-14(17)12(13)9-23-11-5-18-15(19-6-11)21-7-10(8-22)4-20-21/h1-7,22H,8-9H2/i8D2,9D2. The summed E-state index contributed by atoms with van der Waals surface area (Å²) < 4.78 is 37.2. The van der Waals surface area contributed by atoms with Gasteiger partial charge < -0.3 is 9.84 Å². The molecule has 0 aliphatic carbocycles. The highest BCUT2D eigenvalue weighted by molar-refractivity contribution is 6.35. The number of aromatic nitrogens is 4. The van der Waals surface area contributed by atoms with Gasteiger partial charge in [-0.3, -0.25) is 0 Å². The van der Waals surface area contributed by atoms with E-state index >= 15 is 0 Å². The minimum atomic E-state index is -2.54. The molecule has 23 heavy (non-hydrogen) atoms. The van der Waals surface area contributed by atoms with Gasteiger partial charge in [0.25, 0.3) is 5.95 Å². The van der Waals surface area contributed by atoms with Gasteiger partial charge in [0, 0.05) is 27.4 Å². The van der Waals surface area contributed by atoms with Crippen molar-refractivity contribution in [2.45, 2.75) is 13.1 Å². The number of halogens is 2. The van der Waals surface area contributed by atoms with Gasteiger partial charge in [0.05, 0.1) is 30.6 Å². The lowest BCUT2D eigenvalue weighted by molar-refractivity contribution is 0.282. The van der Waals surface area contributed by atoms with Gasteiger partial charge in [-0.15, -0.1) is 0 Å². The molecule has 0 atom stereocenters. The molecular weight excluding hydrogens is 339 g/mol. The van der Waals surface area contributed by atoms with Crippen LogP contribution >= 0.6 is 23.2 Å². The maximum Gasteiger partial charge on any atom is 0.250 e. The lowest BCUT2D eigenvalue weighted by Gasteiger charge is -2.09. The summed E-state index contributed by atoms with van der Waals surface area (Å²) in [5.74, 6) is 0.0961. The predicted molar refractivity (Wildman–Crippen MR) is 85.9 cm³/mol. The van der Waals surface area contributed by atoms with Crippen LogP contribution < -0.4 is 4.74 Å². The molecule has 0 radical (unpaired) electrons. The molecule has 118 valence electrons. The Hall–Kier alpha value is -2.15. The second-order valence-corrected chi connectivity index (χ2v) is 5.12. The normalized spacial score (nSPS) is 14.6. The molecule has 0 aliphatic heterocycles. The van der Waals surface area contributed by atoms with E-state index in [0.717, 1.165) is 10.9 Å². The summed E-state index contributed by atoms with van der Waals surface area (Å²) >= 11 is 12.1. The zero-order chi connectivity index (χ0) is 19.8. The van der Waals surface area contributed by atoms with Crippen LogP contribution in [0.5, 0.6) is 5.75 Å². The molecule has 0 unspecified atom stereocenters. The van der Waals surface area contributed by atoms with Gasteiger partial charge in [0.15, 0.2) is 5.75 Å². The molecule has 1 N–H and O–H groups in total. The number of nitrogens with zero attached hydrogens (tertiary/aromatic N) is 4. The summed E-state index contributed by atoms with van der Waals surface area (Å²) in [7, 11) is 0. The molecule has 2 heterocycles. The molecule has 1 aromatic carbocycles. The van der Waals surface area contributed by atoms with E-state index < -0.39 is 13.1 Å². The number of benzene rings is 1. The third kappa shape index (κ3) is 3.61. The lowest BCUT2D eigenvalue weighted by Crippen LogP contribution is -2.03. The first kappa shape index (κ1) is 11.4. The number of ether oxygens (including phenoxy) is 1. The molecule has 3 rings (SSSR count). The summed E-state index contributed by atoms with van der Waals surface area (Å²) in [4.78, 5) is 7.99. The third-order valence-electron chi connectivity index (χ3n) is 2.76. The quantitative estimate of drug-likeness (QED) is 0.762. The first-order valence-electron chi connectivity index (χ1n) is 8.31. The van der Waals surface area contributed by atoms with Crippen molar-refractivity contribution in [1.29, 1.82) is 0 Å². The number of aliphatic hydroxyl groups is 1. The smallest absolute Gasteiger partial charge is 0.250 e. The molecule has 0 amide bonds. The van der Waals surface area contributed by atoms with Gasteiger partial charge in [-0.2, -0.15) is 5.10 Å². The van der Waals surface area contributed by atoms with Gasteiger partial charge in [-0.1, -0.05) is 29.3 Å².